The molecule has 3 unspecified atom stereocenters. The molecule has 1 saturated carbocycles. The molecule has 12 atom stereocenters. The lowest BCUT2D eigenvalue weighted by molar-refractivity contribution is -0.180. The number of aliphatic hydroxyl groups excluding tert-OH is 1. The van der Waals surface area contributed by atoms with E-state index >= 15 is 0 Å². The Morgan fingerprint density at radius 1 is 1.16 bits per heavy atom. The third kappa shape index (κ3) is 6.65. The van der Waals surface area contributed by atoms with E-state index in [1.807, 2.05) is 51.2 Å². The Bertz CT molecular complexity index is 1690. The fraction of sp³-hybridized carbons (Fsp3) is 0.538. The van der Waals surface area contributed by atoms with E-state index in [-0.39, 0.29) is 24.6 Å². The zero-order chi connectivity index (χ0) is 36.8. The van der Waals surface area contributed by atoms with Crippen LogP contribution in [0, 0.1) is 36.5 Å². The van der Waals surface area contributed by atoms with Gasteiger partial charge in [0.05, 0.1) is 6.10 Å². The molecule has 1 saturated heterocycles. The number of aryl methyl sites for hydroxylation is 1. The van der Waals surface area contributed by atoms with Gasteiger partial charge in [0, 0.05) is 48.8 Å². The summed E-state index contributed by atoms with van der Waals surface area (Å²) < 4.78 is 30.3. The first kappa shape index (κ1) is 36.5. The molecule has 274 valence electrons. The summed E-state index contributed by atoms with van der Waals surface area (Å²) in [5.74, 6) is -5.21. The second kappa shape index (κ2) is 14.4. The number of carbonyl (C=O) groups is 4. The number of amides is 1. The number of hydrogen-bond acceptors (Lipinski definition) is 11. The van der Waals surface area contributed by atoms with Gasteiger partial charge in [-0.25, -0.2) is 14.4 Å². The van der Waals surface area contributed by atoms with Crippen LogP contribution in [0.4, 0.5) is 0 Å². The van der Waals surface area contributed by atoms with E-state index in [0.717, 1.165) is 5.57 Å². The lowest BCUT2D eigenvalue weighted by Crippen LogP contribution is -2.57. The number of nitrogens with one attached hydrogen (secondary N) is 1. The number of allylic oxidation sites excluding steroid dienone is 3. The first-order valence-electron chi connectivity index (χ1n) is 17.6. The van der Waals surface area contributed by atoms with Gasteiger partial charge >= 0.3 is 23.8 Å². The number of phenolic OH excluding ortho intramolecular Hbond substituents is 1. The van der Waals surface area contributed by atoms with Gasteiger partial charge in [0.1, 0.15) is 35.8 Å². The molecule has 1 spiro atoms. The highest BCUT2D eigenvalue weighted by Gasteiger charge is 2.69. The Hall–Kier alpha value is -4.26. The molecule has 2 heterocycles. The van der Waals surface area contributed by atoms with Crippen LogP contribution in [0.2, 0.25) is 0 Å². The molecule has 0 radical (unpaired) electrons. The summed E-state index contributed by atoms with van der Waals surface area (Å²) in [4.78, 5) is 52.4. The van der Waals surface area contributed by atoms with E-state index < -0.39 is 89.7 Å². The average Bonchev–Trinajstić information content (AvgIpc) is 3.71. The van der Waals surface area contributed by atoms with Crippen molar-refractivity contribution in [3.8, 4) is 5.75 Å². The molecule has 12 nitrogen and oxygen atoms in total. The summed E-state index contributed by atoms with van der Waals surface area (Å²) in [5, 5.41) is 24.4. The van der Waals surface area contributed by atoms with Gasteiger partial charge < -0.3 is 39.2 Å². The minimum Gasteiger partial charge on any atom is -0.508 e. The van der Waals surface area contributed by atoms with Crippen molar-refractivity contribution in [1.82, 2.24) is 5.32 Å². The largest absolute Gasteiger partial charge is 0.508 e. The fourth-order valence-corrected chi connectivity index (χ4v) is 8.59. The highest BCUT2D eigenvalue weighted by molar-refractivity contribution is 6.32. The molecule has 0 aromatic heterocycles. The van der Waals surface area contributed by atoms with Crippen LogP contribution < -0.4 is 5.32 Å². The number of esters is 3. The van der Waals surface area contributed by atoms with E-state index in [4.69, 9.17) is 23.7 Å². The summed E-state index contributed by atoms with van der Waals surface area (Å²) >= 11 is 0. The van der Waals surface area contributed by atoms with Crippen molar-refractivity contribution < 1.29 is 53.1 Å². The minimum atomic E-state index is -1.16. The third-order valence-corrected chi connectivity index (χ3v) is 11.3. The highest BCUT2D eigenvalue weighted by Crippen LogP contribution is 2.61. The van der Waals surface area contributed by atoms with Crippen molar-refractivity contribution in [2.24, 2.45) is 29.6 Å². The molecule has 1 amide bonds. The van der Waals surface area contributed by atoms with Gasteiger partial charge in [-0.15, -0.1) is 0 Å². The van der Waals surface area contributed by atoms with Gasteiger partial charge in [-0.2, -0.15) is 0 Å². The average molecular weight is 706 g/mol. The van der Waals surface area contributed by atoms with Crippen LogP contribution >= 0.6 is 0 Å². The van der Waals surface area contributed by atoms with E-state index in [1.165, 1.54) is 13.2 Å². The number of ether oxygens (including phenoxy) is 5. The zero-order valence-corrected chi connectivity index (χ0v) is 29.7. The predicted molar refractivity (Wildman–Crippen MR) is 183 cm³/mol. The molecule has 1 aromatic rings. The molecule has 4 bridgehead atoms. The van der Waals surface area contributed by atoms with Crippen LogP contribution in [0.5, 0.6) is 5.75 Å². The normalized spacial score (nSPS) is 36.9. The number of carbonyl (C=O) groups excluding carboxylic acids is 4. The Kier molecular flexibility index (Phi) is 10.3. The second-order valence-corrected chi connectivity index (χ2v) is 14.5. The van der Waals surface area contributed by atoms with E-state index in [9.17, 15) is 29.4 Å². The SMILES string of the molecule is CO[C@H]1C[C@H]2C=CC3C4C(O)[C@@H](C)[C@@H](OC(=O)C5=CC=CC5)[C@@H]3O[C@]42/C(C)=C/[C@@H](C)[C@@H]([C@@H](C)OC(=O)C(=O)NCc2ccc(C)c(O)c2)OC1=O. The Balaban J connectivity index is 1.25. The van der Waals surface area contributed by atoms with Crippen molar-refractivity contribution in [3.05, 3.63) is 76.9 Å². The number of cyclic esters (lactones) is 1. The first-order valence-corrected chi connectivity index (χ1v) is 17.6. The predicted octanol–water partition coefficient (Wildman–Crippen LogP) is 3.53. The van der Waals surface area contributed by atoms with Crippen LogP contribution in [0.1, 0.15) is 51.7 Å². The van der Waals surface area contributed by atoms with Crippen LogP contribution in [0.25, 0.3) is 0 Å². The standard InChI is InChI=1S/C39H47NO11/c1-19-11-12-24(16-28(19)41)18-40-35(43)38(46)48-23(5)32-20(2)15-21(3)39-26(17-29(47-6)37(45)49-32)13-14-27-30(39)31(42)22(4)33(34(27)51-39)50-36(44)25-9-7-8-10-25/h7-9,11-16,20,22-23,26-27,29-34,41-42H,10,17-18H2,1-6H3,(H,40,43)/b21-15+/t20-,22-,23-,26-,27?,29+,30?,31?,32+,33-,34-,39+/m1/s1. The molecular formula is C39H47NO11. The van der Waals surface area contributed by atoms with Gasteiger partial charge in [0.2, 0.25) is 0 Å². The number of hydrogen-bond donors (Lipinski definition) is 3. The fourth-order valence-electron chi connectivity index (χ4n) is 8.59. The van der Waals surface area contributed by atoms with Crippen molar-refractivity contribution in [1.29, 1.82) is 0 Å². The van der Waals surface area contributed by atoms with Crippen molar-refractivity contribution in [2.45, 2.75) is 96.2 Å². The third-order valence-electron chi connectivity index (χ3n) is 11.3. The number of benzene rings is 1. The second-order valence-electron chi connectivity index (χ2n) is 14.5. The molecule has 12 heteroatoms. The maximum atomic E-state index is 13.7. The van der Waals surface area contributed by atoms with Crippen molar-refractivity contribution >= 4 is 23.8 Å². The Morgan fingerprint density at radius 3 is 2.61 bits per heavy atom. The number of methoxy groups -OCH3 is 1. The number of phenols is 1. The molecule has 1 aromatic carbocycles. The number of aliphatic hydroxyl groups is 1. The molecule has 5 aliphatic rings. The van der Waals surface area contributed by atoms with E-state index in [2.05, 4.69) is 5.32 Å². The molecule has 3 N–H and O–H groups in total. The molecule has 2 fully saturated rings. The van der Waals surface area contributed by atoms with E-state index in [0.29, 0.717) is 23.1 Å². The molecule has 51 heavy (non-hydrogen) atoms. The highest BCUT2D eigenvalue weighted by atomic mass is 16.6. The number of aromatic hydroxyl groups is 1. The van der Waals surface area contributed by atoms with Crippen molar-refractivity contribution in [3.63, 3.8) is 0 Å². The molecule has 2 aliphatic heterocycles. The topological polar surface area (TPSA) is 167 Å². The molecular weight excluding hydrogens is 658 g/mol. The van der Waals surface area contributed by atoms with Gasteiger partial charge in [0.15, 0.2) is 6.10 Å². The van der Waals surface area contributed by atoms with Gasteiger partial charge in [-0.3, -0.25) is 4.79 Å². The summed E-state index contributed by atoms with van der Waals surface area (Å²) in [5.41, 5.74) is 1.54. The van der Waals surface area contributed by atoms with Gasteiger partial charge in [-0.05, 0) is 56.4 Å². The summed E-state index contributed by atoms with van der Waals surface area (Å²) in [6.07, 6.45) is 6.78. The lowest BCUT2D eigenvalue weighted by atomic mass is 9.57. The summed E-state index contributed by atoms with van der Waals surface area (Å²) in [6.45, 7) is 8.89. The maximum absolute atomic E-state index is 13.7. The Morgan fingerprint density at radius 2 is 1.92 bits per heavy atom. The zero-order valence-electron chi connectivity index (χ0n) is 29.7. The van der Waals surface area contributed by atoms with Crippen molar-refractivity contribution in [2.75, 3.05) is 7.11 Å². The first-order chi connectivity index (χ1) is 24.3. The smallest absolute Gasteiger partial charge is 0.397 e. The maximum Gasteiger partial charge on any atom is 0.397 e. The van der Waals surface area contributed by atoms with Gasteiger partial charge in [0.25, 0.3) is 0 Å². The van der Waals surface area contributed by atoms with Crippen LogP contribution in [0.3, 0.4) is 0 Å². The van der Waals surface area contributed by atoms with Crippen LogP contribution in [-0.2, 0) is 49.4 Å². The number of rotatable bonds is 7. The van der Waals surface area contributed by atoms with Crippen LogP contribution in [-0.4, -0.2) is 83.4 Å². The van der Waals surface area contributed by atoms with E-state index in [1.54, 1.807) is 32.1 Å². The van der Waals surface area contributed by atoms with Gasteiger partial charge in [-0.1, -0.05) is 62.4 Å². The van der Waals surface area contributed by atoms with Crippen LogP contribution in [0.15, 0.2) is 65.8 Å². The quantitative estimate of drug-likeness (QED) is 0.164. The minimum absolute atomic E-state index is 0.0110. The monoisotopic (exact) mass is 705 g/mol. The summed E-state index contributed by atoms with van der Waals surface area (Å²) in [7, 11) is 1.41. The lowest BCUT2D eigenvalue weighted by Gasteiger charge is -2.49. The summed E-state index contributed by atoms with van der Waals surface area (Å²) in [6, 6.07) is 4.92. The molecule has 3 aliphatic carbocycles. The molecule has 6 rings (SSSR count). The Labute approximate surface area is 297 Å².